The lowest BCUT2D eigenvalue weighted by Gasteiger charge is -2.22. The number of aryl methyl sites for hydroxylation is 1. The summed E-state index contributed by atoms with van der Waals surface area (Å²) in [6.45, 7) is 6.73. The maximum atomic E-state index is 11.0. The number of nitrogens with one attached hydrogen (secondary N) is 2. The summed E-state index contributed by atoms with van der Waals surface area (Å²) >= 11 is 0. The van der Waals surface area contributed by atoms with E-state index in [1.807, 2.05) is 14.0 Å². The number of benzene rings is 1. The first-order valence-electron chi connectivity index (χ1n) is 8.37. The summed E-state index contributed by atoms with van der Waals surface area (Å²) < 4.78 is 24.5. The van der Waals surface area contributed by atoms with Crippen molar-refractivity contribution in [2.45, 2.75) is 33.2 Å². The van der Waals surface area contributed by atoms with Crippen molar-refractivity contribution in [2.24, 2.45) is 4.99 Å². The minimum absolute atomic E-state index is 0. The molecule has 8 heteroatoms. The highest BCUT2D eigenvalue weighted by atomic mass is 127. The molecule has 0 bridgehead atoms. The van der Waals surface area contributed by atoms with Gasteiger partial charge in [0, 0.05) is 33.2 Å². The van der Waals surface area contributed by atoms with Crippen LogP contribution in [0.25, 0.3) is 0 Å². The van der Waals surface area contributed by atoms with Crippen LogP contribution in [0.4, 0.5) is 0 Å². The average Bonchev–Trinajstić information content (AvgIpc) is 2.53. The molecule has 0 radical (unpaired) electrons. The largest absolute Gasteiger partial charge is 0.357 e. The van der Waals surface area contributed by atoms with Crippen LogP contribution < -0.4 is 10.0 Å². The average molecular weight is 482 g/mol. The normalized spacial score (nSPS) is 11.8. The zero-order valence-corrected chi connectivity index (χ0v) is 18.7. The van der Waals surface area contributed by atoms with Crippen molar-refractivity contribution in [1.82, 2.24) is 14.9 Å². The Morgan fingerprint density at radius 2 is 1.76 bits per heavy atom. The summed E-state index contributed by atoms with van der Waals surface area (Å²) in [6.07, 6.45) is 2.88. The van der Waals surface area contributed by atoms with Gasteiger partial charge in [0.15, 0.2) is 5.96 Å². The van der Waals surface area contributed by atoms with Crippen molar-refractivity contribution in [3.63, 3.8) is 0 Å². The predicted octanol–water partition coefficient (Wildman–Crippen LogP) is 2.20. The Kier molecular flexibility index (Phi) is 12.0. The monoisotopic (exact) mass is 482 g/mol. The summed E-state index contributed by atoms with van der Waals surface area (Å²) in [6, 6.07) is 8.61. The van der Waals surface area contributed by atoms with Gasteiger partial charge in [-0.1, -0.05) is 31.2 Å². The fourth-order valence-corrected chi connectivity index (χ4v) is 2.74. The van der Waals surface area contributed by atoms with Gasteiger partial charge in [0.1, 0.15) is 0 Å². The molecule has 0 aliphatic heterocycles. The number of hydrogen-bond donors (Lipinski definition) is 2. The number of halogens is 1. The topological polar surface area (TPSA) is 73.8 Å². The molecule has 25 heavy (non-hydrogen) atoms. The minimum atomic E-state index is -3.12. The van der Waals surface area contributed by atoms with E-state index in [0.717, 1.165) is 31.7 Å². The van der Waals surface area contributed by atoms with E-state index in [9.17, 15) is 8.42 Å². The Labute approximate surface area is 169 Å². The molecule has 1 aromatic rings. The summed E-state index contributed by atoms with van der Waals surface area (Å²) in [5.41, 5.74) is 2.57. The maximum Gasteiger partial charge on any atom is 0.208 e. The molecule has 1 rings (SSSR count). The van der Waals surface area contributed by atoms with Crippen molar-refractivity contribution in [3.05, 3.63) is 35.4 Å². The van der Waals surface area contributed by atoms with Crippen LogP contribution in [0.5, 0.6) is 0 Å². The minimum Gasteiger partial charge on any atom is -0.357 e. The van der Waals surface area contributed by atoms with Gasteiger partial charge in [0.2, 0.25) is 10.0 Å². The Balaban J connectivity index is 0.00000576. The highest BCUT2D eigenvalue weighted by Crippen LogP contribution is 2.07. The summed E-state index contributed by atoms with van der Waals surface area (Å²) in [7, 11) is -1.12. The van der Waals surface area contributed by atoms with Gasteiger partial charge >= 0.3 is 0 Å². The lowest BCUT2D eigenvalue weighted by Crippen LogP contribution is -2.38. The van der Waals surface area contributed by atoms with Crippen LogP contribution >= 0.6 is 24.0 Å². The van der Waals surface area contributed by atoms with Crippen LogP contribution in [0.3, 0.4) is 0 Å². The van der Waals surface area contributed by atoms with Gasteiger partial charge in [-0.2, -0.15) is 0 Å². The molecule has 0 atom stereocenters. The molecular formula is C17H31IN4O2S. The lowest BCUT2D eigenvalue weighted by molar-refractivity contribution is 0.476. The zero-order valence-electron chi connectivity index (χ0n) is 15.6. The third-order valence-electron chi connectivity index (χ3n) is 3.51. The molecule has 0 saturated heterocycles. The molecule has 0 fully saturated rings. The SMILES string of the molecule is CCNC(=NCCCNS(C)(=O)=O)N(C)Cc1ccc(CC)cc1.I. The quantitative estimate of drug-likeness (QED) is 0.245. The molecule has 0 aliphatic rings. The maximum absolute atomic E-state index is 11.0. The van der Waals surface area contributed by atoms with Crippen LogP contribution in [0.1, 0.15) is 31.4 Å². The molecule has 0 amide bonds. The van der Waals surface area contributed by atoms with Gasteiger partial charge in [-0.25, -0.2) is 13.1 Å². The van der Waals surface area contributed by atoms with Crippen molar-refractivity contribution in [1.29, 1.82) is 0 Å². The van der Waals surface area contributed by atoms with Gasteiger partial charge in [-0.05, 0) is 30.9 Å². The fraction of sp³-hybridized carbons (Fsp3) is 0.588. The van der Waals surface area contributed by atoms with Gasteiger partial charge in [0.05, 0.1) is 6.26 Å². The first kappa shape index (κ1) is 24.1. The number of guanidine groups is 1. The lowest BCUT2D eigenvalue weighted by atomic mass is 10.1. The molecule has 0 saturated carbocycles. The van der Waals surface area contributed by atoms with Crippen molar-refractivity contribution >= 4 is 40.0 Å². The van der Waals surface area contributed by atoms with E-state index in [1.54, 1.807) is 0 Å². The first-order valence-corrected chi connectivity index (χ1v) is 10.3. The predicted molar refractivity (Wildman–Crippen MR) is 116 cm³/mol. The van der Waals surface area contributed by atoms with Crippen LogP contribution in [0.15, 0.2) is 29.3 Å². The number of rotatable bonds is 9. The summed E-state index contributed by atoms with van der Waals surface area (Å²) in [5.74, 6) is 0.830. The van der Waals surface area contributed by atoms with E-state index in [1.165, 1.54) is 11.1 Å². The van der Waals surface area contributed by atoms with E-state index in [-0.39, 0.29) is 24.0 Å². The second-order valence-electron chi connectivity index (χ2n) is 5.78. The van der Waals surface area contributed by atoms with E-state index in [0.29, 0.717) is 19.5 Å². The van der Waals surface area contributed by atoms with Crippen LogP contribution in [-0.2, 0) is 23.0 Å². The Morgan fingerprint density at radius 1 is 1.16 bits per heavy atom. The zero-order chi connectivity index (χ0) is 18.0. The Bertz CT molecular complexity index is 618. The number of hydrogen-bond acceptors (Lipinski definition) is 3. The van der Waals surface area contributed by atoms with Gasteiger partial charge in [0.25, 0.3) is 0 Å². The van der Waals surface area contributed by atoms with Crippen molar-refractivity contribution in [2.75, 3.05) is 32.9 Å². The smallest absolute Gasteiger partial charge is 0.208 e. The van der Waals surface area contributed by atoms with Crippen molar-refractivity contribution < 1.29 is 8.42 Å². The van der Waals surface area contributed by atoms with Crippen molar-refractivity contribution in [3.8, 4) is 0 Å². The standard InChI is InChI=1S/C17H30N4O2S.HI/c1-5-15-8-10-16(11-9-15)14-21(3)17(18-6-2)19-12-7-13-20-24(4,22)23;/h8-11,20H,5-7,12-14H2,1-4H3,(H,18,19);1H. The summed E-state index contributed by atoms with van der Waals surface area (Å²) in [5, 5.41) is 3.27. The van der Waals surface area contributed by atoms with Crippen LogP contribution in [-0.4, -0.2) is 52.2 Å². The molecule has 0 spiro atoms. The Morgan fingerprint density at radius 3 is 2.28 bits per heavy atom. The van der Waals surface area contributed by atoms with Crippen LogP contribution in [0.2, 0.25) is 0 Å². The third-order valence-corrected chi connectivity index (χ3v) is 4.24. The Hall–Kier alpha value is -0.870. The molecule has 0 unspecified atom stereocenters. The molecule has 0 aliphatic carbocycles. The summed E-state index contributed by atoms with van der Waals surface area (Å²) in [4.78, 5) is 6.64. The van der Waals surface area contributed by atoms with E-state index in [4.69, 9.17) is 0 Å². The fourth-order valence-electron chi connectivity index (χ4n) is 2.22. The molecule has 1 aromatic carbocycles. The van der Waals surface area contributed by atoms with Gasteiger partial charge in [-0.15, -0.1) is 24.0 Å². The molecule has 144 valence electrons. The number of aliphatic imine (C=N–C) groups is 1. The molecular weight excluding hydrogens is 451 g/mol. The molecule has 0 aromatic heterocycles. The molecule has 0 heterocycles. The second-order valence-corrected chi connectivity index (χ2v) is 7.61. The molecule has 6 nitrogen and oxygen atoms in total. The van der Waals surface area contributed by atoms with Gasteiger partial charge < -0.3 is 10.2 Å². The second kappa shape index (κ2) is 12.5. The van der Waals surface area contributed by atoms with E-state index < -0.39 is 10.0 Å². The van der Waals surface area contributed by atoms with E-state index >= 15 is 0 Å². The first-order chi connectivity index (χ1) is 11.4. The van der Waals surface area contributed by atoms with Gasteiger partial charge in [-0.3, -0.25) is 4.99 Å². The highest BCUT2D eigenvalue weighted by molar-refractivity contribution is 14.0. The molecule has 2 N–H and O–H groups in total. The van der Waals surface area contributed by atoms with Crippen LogP contribution in [0, 0.1) is 0 Å². The number of nitrogens with zero attached hydrogens (tertiary/aromatic N) is 2. The third kappa shape index (κ3) is 10.7. The highest BCUT2D eigenvalue weighted by Gasteiger charge is 2.06. The van der Waals surface area contributed by atoms with E-state index in [2.05, 4.69) is 51.1 Å². The number of sulfonamides is 1.